The van der Waals surface area contributed by atoms with Crippen LogP contribution in [0.3, 0.4) is 0 Å². The van der Waals surface area contributed by atoms with E-state index in [0.29, 0.717) is 11.7 Å². The van der Waals surface area contributed by atoms with Gasteiger partial charge in [-0.2, -0.15) is 5.10 Å². The summed E-state index contributed by atoms with van der Waals surface area (Å²) in [6.07, 6.45) is 8.63. The highest BCUT2D eigenvalue weighted by Gasteiger charge is 2.53. The first kappa shape index (κ1) is 18.0. The van der Waals surface area contributed by atoms with Crippen LogP contribution in [0.1, 0.15) is 67.4 Å². The van der Waals surface area contributed by atoms with Crippen LogP contribution in [0, 0.1) is 17.8 Å². The van der Waals surface area contributed by atoms with Crippen molar-refractivity contribution < 1.29 is 4.79 Å². The van der Waals surface area contributed by atoms with Gasteiger partial charge in [0.05, 0.1) is 0 Å². The van der Waals surface area contributed by atoms with Crippen LogP contribution in [0.5, 0.6) is 0 Å². The number of carbonyl (C=O) groups is 1. The summed E-state index contributed by atoms with van der Waals surface area (Å²) in [5.41, 5.74) is 0.208. The Morgan fingerprint density at radius 3 is 2.50 bits per heavy atom. The Hall–Kier alpha value is -2.09. The number of rotatable bonds is 5. The van der Waals surface area contributed by atoms with E-state index in [-0.39, 0.29) is 22.6 Å². The van der Waals surface area contributed by atoms with Crippen LogP contribution < -0.4 is 10.9 Å². The average molecular weight is 400 g/mol. The van der Waals surface area contributed by atoms with E-state index >= 15 is 0 Å². The van der Waals surface area contributed by atoms with Crippen molar-refractivity contribution >= 4 is 22.4 Å². The molecule has 0 aromatic carbocycles. The monoisotopic (exact) mass is 399 g/mol. The van der Waals surface area contributed by atoms with Gasteiger partial charge in [0.1, 0.15) is 10.7 Å². The molecule has 8 heteroatoms. The SMILES string of the molecule is CCCn1nc(C(=O)Nc2nnc(C34CC5CC(CC(C5)C3)C4)s2)ccc1=O. The Morgan fingerprint density at radius 2 is 1.86 bits per heavy atom. The van der Waals surface area contributed by atoms with Crippen LogP contribution in [0.15, 0.2) is 16.9 Å². The third kappa shape index (κ3) is 3.07. The standard InChI is InChI=1S/C20H25N5O2S/c1-2-5-25-16(26)4-3-15(24-25)17(27)21-19-23-22-18(28-19)20-9-12-6-13(10-20)8-14(7-12)11-20/h3-4,12-14H,2,5-11H2,1H3,(H,21,23,27). The van der Waals surface area contributed by atoms with Gasteiger partial charge < -0.3 is 0 Å². The van der Waals surface area contributed by atoms with Gasteiger partial charge in [-0.1, -0.05) is 18.3 Å². The van der Waals surface area contributed by atoms with Crippen molar-refractivity contribution in [2.24, 2.45) is 17.8 Å². The molecule has 4 bridgehead atoms. The van der Waals surface area contributed by atoms with Crippen LogP contribution >= 0.6 is 11.3 Å². The van der Waals surface area contributed by atoms with Crippen molar-refractivity contribution in [2.45, 2.75) is 63.8 Å². The highest BCUT2D eigenvalue weighted by Crippen LogP contribution is 2.61. The minimum atomic E-state index is -0.349. The van der Waals surface area contributed by atoms with Crippen molar-refractivity contribution in [1.29, 1.82) is 0 Å². The molecule has 0 unspecified atom stereocenters. The maximum Gasteiger partial charge on any atom is 0.277 e. The molecule has 4 saturated carbocycles. The Labute approximate surface area is 167 Å². The van der Waals surface area contributed by atoms with Gasteiger partial charge in [0, 0.05) is 18.0 Å². The highest BCUT2D eigenvalue weighted by atomic mass is 32.1. The van der Waals surface area contributed by atoms with Crippen molar-refractivity contribution in [3.05, 3.63) is 33.2 Å². The van der Waals surface area contributed by atoms with Crippen LogP contribution in [0.25, 0.3) is 0 Å². The molecular weight excluding hydrogens is 374 g/mol. The first-order valence-electron chi connectivity index (χ1n) is 10.3. The molecule has 0 saturated heterocycles. The zero-order chi connectivity index (χ0) is 19.3. The molecule has 1 N–H and O–H groups in total. The molecule has 4 aliphatic rings. The van der Waals surface area contributed by atoms with E-state index in [2.05, 4.69) is 20.6 Å². The van der Waals surface area contributed by atoms with E-state index in [4.69, 9.17) is 0 Å². The van der Waals surface area contributed by atoms with E-state index < -0.39 is 0 Å². The summed E-state index contributed by atoms with van der Waals surface area (Å²) in [5, 5.41) is 17.4. The molecule has 4 aliphatic carbocycles. The first-order valence-corrected chi connectivity index (χ1v) is 11.1. The Bertz CT molecular complexity index is 930. The Morgan fingerprint density at radius 1 is 1.18 bits per heavy atom. The molecule has 7 nitrogen and oxygen atoms in total. The van der Waals surface area contributed by atoms with E-state index in [1.807, 2.05) is 6.92 Å². The number of aryl methyl sites for hydroxylation is 1. The van der Waals surface area contributed by atoms with Crippen molar-refractivity contribution in [1.82, 2.24) is 20.0 Å². The minimum absolute atomic E-state index is 0.183. The summed E-state index contributed by atoms with van der Waals surface area (Å²) in [6.45, 7) is 2.46. The van der Waals surface area contributed by atoms with Gasteiger partial charge in [-0.3, -0.25) is 14.9 Å². The number of aromatic nitrogens is 4. The molecule has 2 aromatic rings. The van der Waals surface area contributed by atoms with Crippen molar-refractivity contribution in [2.75, 3.05) is 5.32 Å². The van der Waals surface area contributed by atoms with Crippen LogP contribution in [0.2, 0.25) is 0 Å². The lowest BCUT2D eigenvalue weighted by Crippen LogP contribution is -2.48. The van der Waals surface area contributed by atoms with E-state index in [1.165, 1.54) is 66.7 Å². The lowest BCUT2D eigenvalue weighted by molar-refractivity contribution is -0.00555. The van der Waals surface area contributed by atoms with Crippen molar-refractivity contribution in [3.63, 3.8) is 0 Å². The lowest BCUT2D eigenvalue weighted by atomic mass is 9.50. The molecular formula is C20H25N5O2S. The molecule has 0 aliphatic heterocycles. The van der Waals surface area contributed by atoms with Gasteiger partial charge in [0.2, 0.25) is 5.13 Å². The summed E-state index contributed by atoms with van der Waals surface area (Å²) < 4.78 is 1.33. The van der Waals surface area contributed by atoms with Gasteiger partial charge in [0.15, 0.2) is 0 Å². The summed E-state index contributed by atoms with van der Waals surface area (Å²) in [5.74, 6) is 2.18. The quantitative estimate of drug-likeness (QED) is 0.834. The number of carbonyl (C=O) groups excluding carboxylic acids is 1. The molecule has 4 fully saturated rings. The second-order valence-electron chi connectivity index (χ2n) is 8.84. The third-order valence-electron chi connectivity index (χ3n) is 6.67. The minimum Gasteiger partial charge on any atom is -0.295 e. The molecule has 2 aromatic heterocycles. The van der Waals surface area contributed by atoms with Gasteiger partial charge >= 0.3 is 0 Å². The number of hydrogen-bond donors (Lipinski definition) is 1. The fraction of sp³-hybridized carbons (Fsp3) is 0.650. The van der Waals surface area contributed by atoms with Gasteiger partial charge in [-0.25, -0.2) is 4.68 Å². The number of amides is 1. The molecule has 0 spiro atoms. The fourth-order valence-corrected chi connectivity index (χ4v) is 6.92. The summed E-state index contributed by atoms with van der Waals surface area (Å²) in [7, 11) is 0. The predicted octanol–water partition coefficient (Wildman–Crippen LogP) is 3.22. The van der Waals surface area contributed by atoms with Gasteiger partial charge in [-0.05, 0) is 68.8 Å². The zero-order valence-corrected chi connectivity index (χ0v) is 16.9. The first-order chi connectivity index (χ1) is 13.5. The predicted molar refractivity (Wildman–Crippen MR) is 107 cm³/mol. The molecule has 0 radical (unpaired) electrons. The van der Waals surface area contributed by atoms with Crippen molar-refractivity contribution in [3.8, 4) is 0 Å². The molecule has 28 heavy (non-hydrogen) atoms. The Balaban J connectivity index is 1.34. The molecule has 148 valence electrons. The zero-order valence-electron chi connectivity index (χ0n) is 16.1. The topological polar surface area (TPSA) is 89.8 Å². The number of hydrogen-bond acceptors (Lipinski definition) is 6. The summed E-state index contributed by atoms with van der Waals surface area (Å²) in [4.78, 5) is 24.4. The van der Waals surface area contributed by atoms with Crippen LogP contribution in [-0.2, 0) is 12.0 Å². The molecule has 6 rings (SSSR count). The van der Waals surface area contributed by atoms with E-state index in [1.54, 1.807) is 0 Å². The smallest absolute Gasteiger partial charge is 0.277 e. The van der Waals surface area contributed by atoms with Crippen LogP contribution in [-0.4, -0.2) is 25.9 Å². The fourth-order valence-electron chi connectivity index (χ4n) is 5.96. The number of anilines is 1. The molecule has 2 heterocycles. The average Bonchev–Trinajstić information content (AvgIpc) is 3.12. The highest BCUT2D eigenvalue weighted by molar-refractivity contribution is 7.15. The Kier molecular flexibility index (Phi) is 4.34. The van der Waals surface area contributed by atoms with Gasteiger partial charge in [0.25, 0.3) is 11.5 Å². The number of nitrogens with zero attached hydrogens (tertiary/aromatic N) is 4. The second-order valence-corrected chi connectivity index (χ2v) is 9.82. The summed E-state index contributed by atoms with van der Waals surface area (Å²) >= 11 is 1.51. The largest absolute Gasteiger partial charge is 0.295 e. The maximum absolute atomic E-state index is 12.6. The maximum atomic E-state index is 12.6. The van der Waals surface area contributed by atoms with Crippen LogP contribution in [0.4, 0.5) is 5.13 Å². The molecule has 0 atom stereocenters. The van der Waals surface area contributed by atoms with E-state index in [9.17, 15) is 9.59 Å². The molecule has 1 amide bonds. The lowest BCUT2D eigenvalue weighted by Gasteiger charge is -2.55. The van der Waals surface area contributed by atoms with E-state index in [0.717, 1.165) is 29.2 Å². The second kappa shape index (κ2) is 6.76. The number of nitrogens with one attached hydrogen (secondary N) is 1. The van der Waals surface area contributed by atoms with Gasteiger partial charge in [-0.15, -0.1) is 10.2 Å². The summed E-state index contributed by atoms with van der Waals surface area (Å²) in [6, 6.07) is 2.85. The normalized spacial score (nSPS) is 30.5. The third-order valence-corrected chi connectivity index (χ3v) is 7.76.